The van der Waals surface area contributed by atoms with E-state index in [2.05, 4.69) is 5.32 Å². The van der Waals surface area contributed by atoms with Crippen LogP contribution in [0.3, 0.4) is 0 Å². The summed E-state index contributed by atoms with van der Waals surface area (Å²) in [6, 6.07) is 8.48. The Morgan fingerprint density at radius 1 is 1.33 bits per heavy atom. The van der Waals surface area contributed by atoms with Crippen molar-refractivity contribution in [3.05, 3.63) is 30.3 Å². The van der Waals surface area contributed by atoms with Crippen molar-refractivity contribution < 1.29 is 14.7 Å². The van der Waals surface area contributed by atoms with Crippen molar-refractivity contribution >= 4 is 17.5 Å². The molecular formula is C10H12N2O3. The summed E-state index contributed by atoms with van der Waals surface area (Å²) in [5.74, 6) is -1.93. The molecule has 0 aromatic heterocycles. The number of carbonyl (C=O) groups is 2. The highest BCUT2D eigenvalue weighted by Gasteiger charge is 2.36. The topological polar surface area (TPSA) is 92.4 Å². The summed E-state index contributed by atoms with van der Waals surface area (Å²) in [5, 5.41) is 11.8. The van der Waals surface area contributed by atoms with Gasteiger partial charge in [0.05, 0.1) is 0 Å². The van der Waals surface area contributed by atoms with Crippen LogP contribution >= 0.6 is 0 Å². The first-order valence-corrected chi connectivity index (χ1v) is 4.33. The van der Waals surface area contributed by atoms with E-state index in [9.17, 15) is 14.7 Å². The number of rotatable bonds is 3. The fraction of sp³-hybridized carbons (Fsp3) is 0.200. The van der Waals surface area contributed by atoms with E-state index in [1.807, 2.05) is 0 Å². The maximum atomic E-state index is 11.4. The molecule has 1 aromatic rings. The Morgan fingerprint density at radius 3 is 2.33 bits per heavy atom. The van der Waals surface area contributed by atoms with Gasteiger partial charge in [-0.25, -0.2) is 0 Å². The van der Waals surface area contributed by atoms with Gasteiger partial charge in [0.2, 0.25) is 5.60 Å². The summed E-state index contributed by atoms with van der Waals surface area (Å²) >= 11 is 0. The second-order valence-electron chi connectivity index (χ2n) is 3.26. The van der Waals surface area contributed by atoms with E-state index < -0.39 is 17.4 Å². The molecule has 1 aromatic carbocycles. The molecule has 0 aliphatic heterocycles. The number of hydrogen-bond donors (Lipinski definition) is 3. The van der Waals surface area contributed by atoms with Crippen molar-refractivity contribution in [1.29, 1.82) is 0 Å². The number of nitrogens with one attached hydrogen (secondary N) is 1. The highest BCUT2D eigenvalue weighted by atomic mass is 16.3. The van der Waals surface area contributed by atoms with E-state index in [1.54, 1.807) is 30.3 Å². The third-order valence-corrected chi connectivity index (χ3v) is 1.95. The molecule has 15 heavy (non-hydrogen) atoms. The lowest BCUT2D eigenvalue weighted by atomic mass is 10.1. The molecule has 2 amide bonds. The molecule has 0 spiro atoms. The predicted molar refractivity (Wildman–Crippen MR) is 54.9 cm³/mol. The van der Waals surface area contributed by atoms with Gasteiger partial charge in [0.1, 0.15) is 0 Å². The molecule has 0 saturated carbocycles. The third-order valence-electron chi connectivity index (χ3n) is 1.95. The zero-order valence-corrected chi connectivity index (χ0v) is 8.23. The molecule has 0 aliphatic rings. The number of aliphatic hydroxyl groups is 1. The van der Waals surface area contributed by atoms with Crippen LogP contribution in [0, 0.1) is 0 Å². The van der Waals surface area contributed by atoms with Crippen LogP contribution in [0.2, 0.25) is 0 Å². The van der Waals surface area contributed by atoms with Gasteiger partial charge in [-0.1, -0.05) is 18.2 Å². The maximum Gasteiger partial charge on any atom is 0.265 e. The second-order valence-corrected chi connectivity index (χ2v) is 3.26. The number of amides is 2. The van der Waals surface area contributed by atoms with Crippen LogP contribution in [0.1, 0.15) is 6.92 Å². The summed E-state index contributed by atoms with van der Waals surface area (Å²) in [4.78, 5) is 22.2. The zero-order valence-electron chi connectivity index (χ0n) is 8.23. The van der Waals surface area contributed by atoms with Gasteiger partial charge in [0, 0.05) is 5.69 Å². The van der Waals surface area contributed by atoms with Gasteiger partial charge in [-0.15, -0.1) is 0 Å². The quantitative estimate of drug-likeness (QED) is 0.604. The molecule has 1 rings (SSSR count). The minimum Gasteiger partial charge on any atom is -0.372 e. The van der Waals surface area contributed by atoms with Crippen molar-refractivity contribution in [2.24, 2.45) is 5.73 Å². The first kappa shape index (κ1) is 11.2. The fourth-order valence-electron chi connectivity index (χ4n) is 0.886. The van der Waals surface area contributed by atoms with E-state index in [0.717, 1.165) is 6.92 Å². The van der Waals surface area contributed by atoms with E-state index in [-0.39, 0.29) is 0 Å². The lowest BCUT2D eigenvalue weighted by Crippen LogP contribution is -2.50. The summed E-state index contributed by atoms with van der Waals surface area (Å²) in [6.45, 7) is 1.05. The van der Waals surface area contributed by atoms with Crippen molar-refractivity contribution in [2.75, 3.05) is 5.32 Å². The van der Waals surface area contributed by atoms with Crippen LogP contribution in [0.4, 0.5) is 5.69 Å². The molecule has 5 nitrogen and oxygen atoms in total. The summed E-state index contributed by atoms with van der Waals surface area (Å²) in [5.41, 5.74) is 3.17. The number of benzene rings is 1. The molecule has 0 aliphatic carbocycles. The predicted octanol–water partition coefficient (Wildman–Crippen LogP) is -0.139. The standard InChI is InChI=1S/C10H12N2O3/c1-10(15,8(11)13)9(14)12-7-5-3-2-4-6-7/h2-6,15H,1H3,(H2,11,13)(H,12,14). The molecule has 1 unspecified atom stereocenters. The van der Waals surface area contributed by atoms with E-state index in [4.69, 9.17) is 5.73 Å². The maximum absolute atomic E-state index is 11.4. The van der Waals surface area contributed by atoms with Crippen LogP contribution in [0.5, 0.6) is 0 Å². The van der Waals surface area contributed by atoms with Crippen LogP contribution in [-0.2, 0) is 9.59 Å². The number of anilines is 1. The second kappa shape index (κ2) is 4.10. The first-order valence-electron chi connectivity index (χ1n) is 4.33. The molecule has 5 heteroatoms. The van der Waals surface area contributed by atoms with Crippen LogP contribution < -0.4 is 11.1 Å². The van der Waals surface area contributed by atoms with E-state index in [0.29, 0.717) is 5.69 Å². The summed E-state index contributed by atoms with van der Waals surface area (Å²) < 4.78 is 0. The molecule has 0 radical (unpaired) electrons. The lowest BCUT2D eigenvalue weighted by molar-refractivity contribution is -0.146. The number of primary amides is 1. The van der Waals surface area contributed by atoms with Gasteiger partial charge in [-0.3, -0.25) is 9.59 Å². The Hall–Kier alpha value is -1.88. The van der Waals surface area contributed by atoms with Crippen LogP contribution in [0.25, 0.3) is 0 Å². The Balaban J connectivity index is 2.77. The van der Waals surface area contributed by atoms with Crippen LogP contribution in [-0.4, -0.2) is 22.5 Å². The van der Waals surface area contributed by atoms with Gasteiger partial charge in [0.25, 0.3) is 11.8 Å². The molecule has 0 heterocycles. The summed E-state index contributed by atoms with van der Waals surface area (Å²) in [6.07, 6.45) is 0. The Bertz CT molecular complexity index is 374. The first-order chi connectivity index (χ1) is 6.94. The lowest BCUT2D eigenvalue weighted by Gasteiger charge is -2.18. The monoisotopic (exact) mass is 208 g/mol. The summed E-state index contributed by atoms with van der Waals surface area (Å²) in [7, 11) is 0. The molecule has 0 fully saturated rings. The fourth-order valence-corrected chi connectivity index (χ4v) is 0.886. The third kappa shape index (κ3) is 2.54. The van der Waals surface area contributed by atoms with Crippen molar-refractivity contribution in [2.45, 2.75) is 12.5 Å². The highest BCUT2D eigenvalue weighted by molar-refractivity contribution is 6.12. The van der Waals surface area contributed by atoms with Gasteiger partial charge < -0.3 is 16.2 Å². The van der Waals surface area contributed by atoms with Crippen LogP contribution in [0.15, 0.2) is 30.3 Å². The van der Waals surface area contributed by atoms with Gasteiger partial charge in [-0.05, 0) is 19.1 Å². The largest absolute Gasteiger partial charge is 0.372 e. The molecule has 0 bridgehead atoms. The van der Waals surface area contributed by atoms with Crippen molar-refractivity contribution in [3.8, 4) is 0 Å². The zero-order chi connectivity index (χ0) is 11.5. The Morgan fingerprint density at radius 2 is 1.87 bits per heavy atom. The Kier molecular flexibility index (Phi) is 3.06. The number of hydrogen-bond acceptors (Lipinski definition) is 3. The molecule has 1 atom stereocenters. The number of carbonyl (C=O) groups excluding carboxylic acids is 2. The molecule has 0 saturated heterocycles. The average molecular weight is 208 g/mol. The average Bonchev–Trinajstić information content (AvgIpc) is 2.18. The highest BCUT2D eigenvalue weighted by Crippen LogP contribution is 2.10. The Labute approximate surface area is 86.9 Å². The number of nitrogens with two attached hydrogens (primary N) is 1. The number of para-hydroxylation sites is 1. The molecular weight excluding hydrogens is 196 g/mol. The minimum absolute atomic E-state index is 0.490. The molecule has 4 N–H and O–H groups in total. The van der Waals surface area contributed by atoms with Crippen molar-refractivity contribution in [3.63, 3.8) is 0 Å². The molecule has 80 valence electrons. The van der Waals surface area contributed by atoms with Gasteiger partial charge in [-0.2, -0.15) is 0 Å². The van der Waals surface area contributed by atoms with Gasteiger partial charge >= 0.3 is 0 Å². The van der Waals surface area contributed by atoms with Crippen molar-refractivity contribution in [1.82, 2.24) is 0 Å². The minimum atomic E-state index is -2.20. The van der Waals surface area contributed by atoms with E-state index >= 15 is 0 Å². The van der Waals surface area contributed by atoms with E-state index in [1.165, 1.54) is 0 Å². The smallest absolute Gasteiger partial charge is 0.265 e. The normalized spacial score (nSPS) is 14.0. The van der Waals surface area contributed by atoms with Gasteiger partial charge in [0.15, 0.2) is 0 Å². The SMILES string of the molecule is CC(O)(C(N)=O)C(=O)Nc1ccccc1.